The summed E-state index contributed by atoms with van der Waals surface area (Å²) in [6.45, 7) is 4.05. The highest BCUT2D eigenvalue weighted by molar-refractivity contribution is 9.10. The Morgan fingerprint density at radius 2 is 2.19 bits per heavy atom. The van der Waals surface area contributed by atoms with Crippen LogP contribution in [0.1, 0.15) is 28.7 Å². The molecule has 1 heterocycles. The highest BCUT2D eigenvalue weighted by Gasteiger charge is 2.20. The first-order valence-electron chi connectivity index (χ1n) is 6.62. The molecule has 21 heavy (non-hydrogen) atoms. The molecule has 0 fully saturated rings. The number of rotatable bonds is 6. The number of nitrogens with zero attached hydrogens (tertiary/aromatic N) is 1. The van der Waals surface area contributed by atoms with Gasteiger partial charge in [-0.2, -0.15) is 0 Å². The molecule has 0 N–H and O–H groups in total. The van der Waals surface area contributed by atoms with Gasteiger partial charge in [0.25, 0.3) is 0 Å². The summed E-state index contributed by atoms with van der Waals surface area (Å²) in [5.41, 5.74) is 1.03. The first kappa shape index (κ1) is 15.6. The maximum atomic E-state index is 12.0. The lowest BCUT2D eigenvalue weighted by Gasteiger charge is -2.07. The van der Waals surface area contributed by atoms with E-state index in [2.05, 4.69) is 21.1 Å². The lowest BCUT2D eigenvalue weighted by atomic mass is 10.1. The lowest BCUT2D eigenvalue weighted by Crippen LogP contribution is -2.14. The van der Waals surface area contributed by atoms with E-state index in [1.807, 2.05) is 31.2 Å². The minimum Gasteiger partial charge on any atom is -0.490 e. The van der Waals surface area contributed by atoms with E-state index in [1.165, 1.54) is 0 Å². The van der Waals surface area contributed by atoms with Crippen molar-refractivity contribution in [2.75, 3.05) is 13.2 Å². The quantitative estimate of drug-likeness (QED) is 0.587. The molecule has 0 saturated carbocycles. The summed E-state index contributed by atoms with van der Waals surface area (Å²) in [6, 6.07) is 7.47. The van der Waals surface area contributed by atoms with Gasteiger partial charge in [0.15, 0.2) is 0 Å². The van der Waals surface area contributed by atoms with Crippen molar-refractivity contribution in [1.29, 1.82) is 0 Å². The van der Waals surface area contributed by atoms with E-state index in [0.717, 1.165) is 10.2 Å². The number of aryl methyl sites for hydroxylation is 2. The largest absolute Gasteiger partial charge is 0.490 e. The van der Waals surface area contributed by atoms with E-state index < -0.39 is 5.97 Å². The molecule has 1 aromatic heterocycles. The first-order chi connectivity index (χ1) is 10.1. The molecule has 2 aromatic rings. The number of esters is 1. The summed E-state index contributed by atoms with van der Waals surface area (Å²) in [7, 11) is 0. The second-order valence-corrected chi connectivity index (χ2v) is 5.27. The summed E-state index contributed by atoms with van der Waals surface area (Å²) in [6.07, 6.45) is 0.621. The van der Waals surface area contributed by atoms with Gasteiger partial charge in [0.2, 0.25) is 0 Å². The van der Waals surface area contributed by atoms with Crippen molar-refractivity contribution in [3.8, 4) is 5.75 Å². The van der Waals surface area contributed by atoms with Gasteiger partial charge in [-0.3, -0.25) is 0 Å². The van der Waals surface area contributed by atoms with Crippen molar-refractivity contribution >= 4 is 21.9 Å². The normalized spacial score (nSPS) is 10.4. The Balaban J connectivity index is 1.83. The molecule has 5 nitrogen and oxygen atoms in total. The fraction of sp³-hybridized carbons (Fsp3) is 0.333. The fourth-order valence-corrected chi connectivity index (χ4v) is 2.22. The number of carbonyl (C=O) groups is 1. The van der Waals surface area contributed by atoms with Crippen LogP contribution in [0.3, 0.4) is 0 Å². The van der Waals surface area contributed by atoms with Crippen molar-refractivity contribution in [3.63, 3.8) is 0 Å². The number of hydrogen-bond donors (Lipinski definition) is 0. The molecule has 0 bridgehead atoms. The van der Waals surface area contributed by atoms with Crippen molar-refractivity contribution in [2.24, 2.45) is 0 Å². The van der Waals surface area contributed by atoms with E-state index in [9.17, 15) is 4.79 Å². The van der Waals surface area contributed by atoms with Gasteiger partial charge in [0, 0.05) is 4.47 Å². The summed E-state index contributed by atoms with van der Waals surface area (Å²) >= 11 is 3.36. The topological polar surface area (TPSA) is 61.6 Å². The molecule has 0 aliphatic carbocycles. The first-order valence-corrected chi connectivity index (χ1v) is 7.41. The summed E-state index contributed by atoms with van der Waals surface area (Å²) in [4.78, 5) is 12.0. The average Bonchev–Trinajstić information content (AvgIpc) is 2.84. The predicted octanol–water partition coefficient (Wildman–Crippen LogP) is 3.54. The maximum Gasteiger partial charge on any atom is 0.343 e. The Kier molecular flexibility index (Phi) is 5.38. The van der Waals surface area contributed by atoms with Crippen LogP contribution >= 0.6 is 15.9 Å². The average molecular weight is 354 g/mol. The Hall–Kier alpha value is -1.82. The van der Waals surface area contributed by atoms with Gasteiger partial charge in [0.05, 0.1) is 5.69 Å². The third-order valence-corrected chi connectivity index (χ3v) is 3.35. The SMILES string of the molecule is CCc1noc(C)c1C(=O)OCCOc1cccc(Br)c1. The molecule has 0 spiro atoms. The van der Waals surface area contributed by atoms with E-state index in [1.54, 1.807) is 6.92 Å². The predicted molar refractivity (Wildman–Crippen MR) is 80.5 cm³/mol. The second-order valence-electron chi connectivity index (χ2n) is 4.36. The second kappa shape index (κ2) is 7.26. The van der Waals surface area contributed by atoms with Gasteiger partial charge in [-0.1, -0.05) is 34.1 Å². The monoisotopic (exact) mass is 353 g/mol. The van der Waals surface area contributed by atoms with Crippen LogP contribution in [0.2, 0.25) is 0 Å². The van der Waals surface area contributed by atoms with Crippen LogP contribution in [0.15, 0.2) is 33.3 Å². The zero-order chi connectivity index (χ0) is 15.2. The molecule has 0 unspecified atom stereocenters. The molecule has 112 valence electrons. The molecule has 0 aliphatic rings. The van der Waals surface area contributed by atoms with Gasteiger partial charge >= 0.3 is 5.97 Å². The molecule has 2 rings (SSSR count). The van der Waals surface area contributed by atoms with Crippen LogP contribution in [0, 0.1) is 6.92 Å². The molecular weight excluding hydrogens is 338 g/mol. The zero-order valence-corrected chi connectivity index (χ0v) is 13.5. The third-order valence-electron chi connectivity index (χ3n) is 2.85. The number of carbonyl (C=O) groups excluding carboxylic acids is 1. The highest BCUT2D eigenvalue weighted by Crippen LogP contribution is 2.18. The van der Waals surface area contributed by atoms with Gasteiger partial charge < -0.3 is 14.0 Å². The Bertz CT molecular complexity index is 624. The zero-order valence-electron chi connectivity index (χ0n) is 11.9. The van der Waals surface area contributed by atoms with Crippen LogP contribution in [-0.4, -0.2) is 24.3 Å². The molecule has 0 saturated heterocycles. The van der Waals surface area contributed by atoms with Crippen molar-refractivity contribution in [1.82, 2.24) is 5.16 Å². The number of aromatic nitrogens is 1. The smallest absolute Gasteiger partial charge is 0.343 e. The van der Waals surface area contributed by atoms with Crippen LogP contribution < -0.4 is 4.74 Å². The molecule has 0 aliphatic heterocycles. The van der Waals surface area contributed by atoms with Gasteiger partial charge in [0.1, 0.15) is 30.3 Å². The van der Waals surface area contributed by atoms with Crippen LogP contribution in [-0.2, 0) is 11.2 Å². The number of hydrogen-bond acceptors (Lipinski definition) is 5. The Morgan fingerprint density at radius 3 is 2.90 bits per heavy atom. The van der Waals surface area contributed by atoms with Gasteiger partial charge in [-0.25, -0.2) is 4.79 Å². The summed E-state index contributed by atoms with van der Waals surface area (Å²) in [5.74, 6) is 0.768. The highest BCUT2D eigenvalue weighted by atomic mass is 79.9. The van der Waals surface area contributed by atoms with Crippen molar-refractivity contribution in [3.05, 3.63) is 45.8 Å². The van der Waals surface area contributed by atoms with Crippen LogP contribution in [0.4, 0.5) is 0 Å². The number of ether oxygens (including phenoxy) is 2. The summed E-state index contributed by atoms with van der Waals surface area (Å²) in [5, 5.41) is 3.83. The van der Waals surface area contributed by atoms with E-state index in [0.29, 0.717) is 23.4 Å². The van der Waals surface area contributed by atoms with Crippen LogP contribution in [0.5, 0.6) is 5.75 Å². The fourth-order valence-electron chi connectivity index (χ4n) is 1.84. The molecule has 0 amide bonds. The van der Waals surface area contributed by atoms with Crippen molar-refractivity contribution < 1.29 is 18.8 Å². The molecule has 1 aromatic carbocycles. The standard InChI is InChI=1S/C15H16BrNO4/c1-3-13-14(10(2)21-17-13)15(18)20-8-7-19-12-6-4-5-11(16)9-12/h4-6,9H,3,7-8H2,1-2H3. The lowest BCUT2D eigenvalue weighted by molar-refractivity contribution is 0.0447. The number of halogens is 1. The summed E-state index contributed by atoms with van der Waals surface area (Å²) < 4.78 is 16.6. The van der Waals surface area contributed by atoms with E-state index >= 15 is 0 Å². The van der Waals surface area contributed by atoms with Gasteiger partial charge in [-0.15, -0.1) is 0 Å². The van der Waals surface area contributed by atoms with Crippen molar-refractivity contribution in [2.45, 2.75) is 20.3 Å². The Labute approximate surface area is 131 Å². The molecule has 0 radical (unpaired) electrons. The minimum absolute atomic E-state index is 0.166. The minimum atomic E-state index is -0.427. The van der Waals surface area contributed by atoms with Gasteiger partial charge in [-0.05, 0) is 31.5 Å². The molecule has 0 atom stereocenters. The maximum absolute atomic E-state index is 12.0. The molecule has 6 heteroatoms. The third kappa shape index (κ3) is 4.07. The number of benzene rings is 1. The van der Waals surface area contributed by atoms with Crippen LogP contribution in [0.25, 0.3) is 0 Å². The van der Waals surface area contributed by atoms with E-state index in [4.69, 9.17) is 14.0 Å². The van der Waals surface area contributed by atoms with E-state index in [-0.39, 0.29) is 13.2 Å². The Morgan fingerprint density at radius 1 is 1.38 bits per heavy atom. The molecular formula is C15H16BrNO4.